The van der Waals surface area contributed by atoms with E-state index in [1.54, 1.807) is 18.5 Å². The summed E-state index contributed by atoms with van der Waals surface area (Å²) in [5.74, 6) is 1.21. The van der Waals surface area contributed by atoms with Gasteiger partial charge in [0.25, 0.3) is 0 Å². The molecule has 3 aromatic carbocycles. The van der Waals surface area contributed by atoms with Gasteiger partial charge in [-0.2, -0.15) is 0 Å². The van der Waals surface area contributed by atoms with Crippen LogP contribution >= 0.6 is 0 Å². The maximum atomic E-state index is 13.7. The Kier molecular flexibility index (Phi) is 7.84. The number of aryl methyl sites for hydroxylation is 1. The number of rotatable bonds is 9. The van der Waals surface area contributed by atoms with E-state index in [1.165, 1.54) is 6.07 Å². The van der Waals surface area contributed by atoms with Crippen molar-refractivity contribution in [3.8, 4) is 11.5 Å². The van der Waals surface area contributed by atoms with Gasteiger partial charge in [-0.15, -0.1) is 0 Å². The van der Waals surface area contributed by atoms with Crippen LogP contribution in [0.1, 0.15) is 36.6 Å². The standard InChI is InChI=1S/C31H33FN4O2/c1-3-8-26-20-36(29-13-4-5-14-30(29)38-28-12-6-9-23(2)15-28)31(37)21-34(26)19-27-17-33-22-35(27)18-24-10-7-11-25(32)16-24/h4-7,9-17,22,26H,3,8,18-21H2,1-2H3. The van der Waals surface area contributed by atoms with Crippen LogP contribution in [0.5, 0.6) is 11.5 Å². The first kappa shape index (κ1) is 25.7. The van der Waals surface area contributed by atoms with Gasteiger partial charge in [0.15, 0.2) is 5.75 Å². The lowest BCUT2D eigenvalue weighted by Crippen LogP contribution is -2.56. The number of imidazole rings is 1. The van der Waals surface area contributed by atoms with Crippen molar-refractivity contribution < 1.29 is 13.9 Å². The van der Waals surface area contributed by atoms with E-state index < -0.39 is 0 Å². The molecule has 6 nitrogen and oxygen atoms in total. The number of amides is 1. The number of carbonyl (C=O) groups is 1. The van der Waals surface area contributed by atoms with E-state index >= 15 is 0 Å². The van der Waals surface area contributed by atoms with Crippen molar-refractivity contribution in [2.75, 3.05) is 18.0 Å². The van der Waals surface area contributed by atoms with E-state index in [9.17, 15) is 9.18 Å². The Morgan fingerprint density at radius 1 is 1.03 bits per heavy atom. The number of nitrogens with zero attached hydrogens (tertiary/aromatic N) is 4. The van der Waals surface area contributed by atoms with Crippen LogP contribution in [0.4, 0.5) is 10.1 Å². The van der Waals surface area contributed by atoms with E-state index in [-0.39, 0.29) is 17.8 Å². The number of halogens is 1. The Labute approximate surface area is 223 Å². The molecule has 1 amide bonds. The zero-order chi connectivity index (χ0) is 26.5. The highest BCUT2D eigenvalue weighted by atomic mass is 19.1. The summed E-state index contributed by atoms with van der Waals surface area (Å²) in [7, 11) is 0. The molecule has 4 aromatic rings. The third-order valence-corrected chi connectivity index (χ3v) is 6.95. The number of aromatic nitrogens is 2. The van der Waals surface area contributed by atoms with Crippen molar-refractivity contribution in [1.29, 1.82) is 0 Å². The van der Waals surface area contributed by atoms with Crippen LogP contribution in [0.2, 0.25) is 0 Å². The highest BCUT2D eigenvalue weighted by molar-refractivity contribution is 5.97. The fraction of sp³-hybridized carbons (Fsp3) is 0.290. The highest BCUT2D eigenvalue weighted by Gasteiger charge is 2.34. The van der Waals surface area contributed by atoms with Crippen LogP contribution in [-0.4, -0.2) is 39.5 Å². The molecule has 1 saturated heterocycles. The molecule has 0 radical (unpaired) electrons. The van der Waals surface area contributed by atoms with Gasteiger partial charge in [0.1, 0.15) is 11.6 Å². The summed E-state index contributed by atoms with van der Waals surface area (Å²) in [6.07, 6.45) is 5.58. The maximum Gasteiger partial charge on any atom is 0.241 e. The minimum absolute atomic E-state index is 0.0360. The minimum atomic E-state index is -0.249. The van der Waals surface area contributed by atoms with Crippen LogP contribution in [0, 0.1) is 12.7 Å². The topological polar surface area (TPSA) is 50.6 Å². The number of hydrogen-bond acceptors (Lipinski definition) is 4. The van der Waals surface area contributed by atoms with Crippen LogP contribution < -0.4 is 9.64 Å². The predicted molar refractivity (Wildman–Crippen MR) is 147 cm³/mol. The second-order valence-corrected chi connectivity index (χ2v) is 9.88. The molecule has 38 heavy (non-hydrogen) atoms. The molecule has 5 rings (SSSR count). The first-order valence-electron chi connectivity index (χ1n) is 13.1. The lowest BCUT2D eigenvalue weighted by Gasteiger charge is -2.41. The zero-order valence-electron chi connectivity index (χ0n) is 21.9. The van der Waals surface area contributed by atoms with Gasteiger partial charge >= 0.3 is 0 Å². The van der Waals surface area contributed by atoms with Crippen molar-refractivity contribution in [3.63, 3.8) is 0 Å². The van der Waals surface area contributed by atoms with Crippen molar-refractivity contribution in [2.45, 2.75) is 45.8 Å². The Morgan fingerprint density at radius 3 is 2.68 bits per heavy atom. The second-order valence-electron chi connectivity index (χ2n) is 9.88. The Hall–Kier alpha value is -3.97. The summed E-state index contributed by atoms with van der Waals surface area (Å²) >= 11 is 0. The molecule has 0 bridgehead atoms. The summed E-state index contributed by atoms with van der Waals surface area (Å²) in [6.45, 7) is 6.21. The quantitative estimate of drug-likeness (QED) is 0.268. The molecule has 0 N–H and O–H groups in total. The first-order chi connectivity index (χ1) is 18.5. The number of hydrogen-bond donors (Lipinski definition) is 0. The van der Waals surface area contributed by atoms with Crippen molar-refractivity contribution >= 4 is 11.6 Å². The lowest BCUT2D eigenvalue weighted by atomic mass is 10.0. The fourth-order valence-corrected chi connectivity index (χ4v) is 5.08. The maximum absolute atomic E-state index is 13.7. The lowest BCUT2D eigenvalue weighted by molar-refractivity contribution is -0.122. The Balaban J connectivity index is 1.34. The number of carbonyl (C=O) groups excluding carboxylic acids is 1. The average Bonchev–Trinajstić information content (AvgIpc) is 3.32. The first-order valence-corrected chi connectivity index (χ1v) is 13.1. The molecule has 0 spiro atoms. The van der Waals surface area contributed by atoms with Gasteiger partial charge < -0.3 is 14.2 Å². The number of anilines is 1. The van der Waals surface area contributed by atoms with Crippen molar-refractivity contribution in [2.24, 2.45) is 0 Å². The van der Waals surface area contributed by atoms with Crippen molar-refractivity contribution in [1.82, 2.24) is 14.5 Å². The van der Waals surface area contributed by atoms with Crippen molar-refractivity contribution in [3.05, 3.63) is 108 Å². The molecule has 1 fully saturated rings. The molecule has 1 unspecified atom stereocenters. The number of para-hydroxylation sites is 2. The average molecular weight is 513 g/mol. The second kappa shape index (κ2) is 11.6. The summed E-state index contributed by atoms with van der Waals surface area (Å²) in [4.78, 5) is 22.0. The normalized spacial score (nSPS) is 16.1. The summed E-state index contributed by atoms with van der Waals surface area (Å²) in [6, 6.07) is 22.5. The number of ether oxygens (including phenoxy) is 1. The van der Waals surface area contributed by atoms with Gasteiger partial charge in [-0.25, -0.2) is 9.37 Å². The van der Waals surface area contributed by atoms with Gasteiger partial charge in [0, 0.05) is 31.9 Å². The monoisotopic (exact) mass is 512 g/mol. The SMILES string of the molecule is CCCC1CN(c2ccccc2Oc2cccc(C)c2)C(=O)CN1Cc1cncn1Cc1cccc(F)c1. The van der Waals surface area contributed by atoms with E-state index in [2.05, 4.69) is 16.8 Å². The molecule has 1 aliphatic rings. The summed E-state index contributed by atoms with van der Waals surface area (Å²) in [5.41, 5.74) is 3.78. The van der Waals surface area contributed by atoms with E-state index in [0.29, 0.717) is 31.9 Å². The smallest absolute Gasteiger partial charge is 0.241 e. The minimum Gasteiger partial charge on any atom is -0.455 e. The van der Waals surface area contributed by atoms with E-state index in [1.807, 2.05) is 77.2 Å². The van der Waals surface area contributed by atoms with E-state index in [0.717, 1.165) is 41.1 Å². The largest absolute Gasteiger partial charge is 0.455 e. The number of benzene rings is 3. The molecule has 1 aromatic heterocycles. The van der Waals surface area contributed by atoms with Crippen LogP contribution in [0.15, 0.2) is 85.3 Å². The van der Waals surface area contributed by atoms with Crippen LogP contribution in [-0.2, 0) is 17.9 Å². The van der Waals surface area contributed by atoms with Gasteiger partial charge in [0.05, 0.1) is 24.3 Å². The molecule has 1 atom stereocenters. The molecular weight excluding hydrogens is 479 g/mol. The van der Waals surface area contributed by atoms with Crippen LogP contribution in [0.3, 0.4) is 0 Å². The fourth-order valence-electron chi connectivity index (χ4n) is 5.08. The number of piperazine rings is 1. The Morgan fingerprint density at radius 2 is 1.87 bits per heavy atom. The molecule has 7 heteroatoms. The van der Waals surface area contributed by atoms with Gasteiger partial charge in [-0.05, 0) is 60.9 Å². The van der Waals surface area contributed by atoms with Gasteiger partial charge in [0.2, 0.25) is 5.91 Å². The molecule has 2 heterocycles. The third kappa shape index (κ3) is 5.94. The van der Waals surface area contributed by atoms with Gasteiger partial charge in [-0.1, -0.05) is 49.7 Å². The molecule has 1 aliphatic heterocycles. The Bertz CT molecular complexity index is 1400. The third-order valence-electron chi connectivity index (χ3n) is 6.95. The summed E-state index contributed by atoms with van der Waals surface area (Å²) < 4.78 is 22.0. The molecule has 0 saturated carbocycles. The molecule has 196 valence electrons. The van der Waals surface area contributed by atoms with Crippen LogP contribution in [0.25, 0.3) is 0 Å². The van der Waals surface area contributed by atoms with Gasteiger partial charge in [-0.3, -0.25) is 9.69 Å². The van der Waals surface area contributed by atoms with E-state index in [4.69, 9.17) is 4.74 Å². The zero-order valence-corrected chi connectivity index (χ0v) is 21.9. The predicted octanol–water partition coefficient (Wildman–Crippen LogP) is 6.19. The molecular formula is C31H33FN4O2. The molecule has 0 aliphatic carbocycles. The summed E-state index contributed by atoms with van der Waals surface area (Å²) in [5, 5.41) is 0. The highest BCUT2D eigenvalue weighted by Crippen LogP contribution is 2.34.